The molecule has 25 heavy (non-hydrogen) atoms. The molecule has 2 atom stereocenters. The highest BCUT2D eigenvalue weighted by Gasteiger charge is 2.10. The molecule has 0 aromatic heterocycles. The molecule has 4 heteroatoms. The van der Waals surface area contributed by atoms with Gasteiger partial charge in [-0.05, 0) is 55.8 Å². The van der Waals surface area contributed by atoms with E-state index in [0.29, 0.717) is 43.3 Å². The van der Waals surface area contributed by atoms with Crippen molar-refractivity contribution in [1.29, 1.82) is 0 Å². The van der Waals surface area contributed by atoms with Crippen LogP contribution in [0.4, 0.5) is 0 Å². The Bertz CT molecular complexity index is 329. The van der Waals surface area contributed by atoms with Crippen molar-refractivity contribution < 1.29 is 19.1 Å². The second kappa shape index (κ2) is 14.1. The van der Waals surface area contributed by atoms with Gasteiger partial charge in [-0.3, -0.25) is 9.59 Å². The van der Waals surface area contributed by atoms with Crippen LogP contribution in [0.1, 0.15) is 86.5 Å². The van der Waals surface area contributed by atoms with Gasteiger partial charge < -0.3 is 9.47 Å². The molecule has 4 nitrogen and oxygen atoms in total. The normalized spacial score (nSPS) is 13.8. The van der Waals surface area contributed by atoms with E-state index in [-0.39, 0.29) is 24.8 Å². The fourth-order valence-electron chi connectivity index (χ4n) is 3.11. The Morgan fingerprint density at radius 3 is 1.36 bits per heavy atom. The van der Waals surface area contributed by atoms with Crippen molar-refractivity contribution in [3.8, 4) is 0 Å². The van der Waals surface area contributed by atoms with Gasteiger partial charge in [0.05, 0.1) is 13.2 Å². The van der Waals surface area contributed by atoms with Crippen molar-refractivity contribution in [3.63, 3.8) is 0 Å². The van der Waals surface area contributed by atoms with Gasteiger partial charge in [-0.15, -0.1) is 0 Å². The number of hydrogen-bond donors (Lipinski definition) is 0. The molecular weight excluding hydrogens is 316 g/mol. The lowest BCUT2D eigenvalue weighted by Gasteiger charge is -2.14. The summed E-state index contributed by atoms with van der Waals surface area (Å²) in [6, 6.07) is 0. The van der Waals surface area contributed by atoms with E-state index in [1.807, 2.05) is 0 Å². The summed E-state index contributed by atoms with van der Waals surface area (Å²) in [6.45, 7) is 14.1. The monoisotopic (exact) mass is 356 g/mol. The summed E-state index contributed by atoms with van der Waals surface area (Å²) in [5.41, 5.74) is 0. The van der Waals surface area contributed by atoms with Crippen LogP contribution in [-0.2, 0) is 19.1 Å². The maximum Gasteiger partial charge on any atom is 0.305 e. The Kier molecular flexibility index (Phi) is 13.5. The van der Waals surface area contributed by atoms with Gasteiger partial charge in [-0.25, -0.2) is 0 Å². The first-order valence-electron chi connectivity index (χ1n) is 10.0. The molecule has 0 aliphatic heterocycles. The molecule has 0 fully saturated rings. The van der Waals surface area contributed by atoms with Crippen LogP contribution in [0.15, 0.2) is 0 Å². The number of hydrogen-bond acceptors (Lipinski definition) is 4. The molecule has 0 saturated heterocycles. The number of rotatable bonds is 14. The SMILES string of the molecule is CC(C)CC(C)CCOC(=O)CCCC(=O)OCCC(C)CC(C)C. The summed E-state index contributed by atoms with van der Waals surface area (Å²) >= 11 is 0. The van der Waals surface area contributed by atoms with Crippen LogP contribution in [0.5, 0.6) is 0 Å². The van der Waals surface area contributed by atoms with Crippen LogP contribution < -0.4 is 0 Å². The van der Waals surface area contributed by atoms with Gasteiger partial charge in [-0.2, -0.15) is 0 Å². The fourth-order valence-corrected chi connectivity index (χ4v) is 3.11. The van der Waals surface area contributed by atoms with E-state index < -0.39 is 0 Å². The van der Waals surface area contributed by atoms with Gasteiger partial charge in [0, 0.05) is 12.8 Å². The Balaban J connectivity index is 3.61. The third-order valence-corrected chi connectivity index (χ3v) is 4.26. The number of esters is 2. The second-order valence-electron chi connectivity index (χ2n) is 8.34. The molecule has 0 saturated carbocycles. The van der Waals surface area contributed by atoms with Crippen LogP contribution in [0.2, 0.25) is 0 Å². The van der Waals surface area contributed by atoms with Gasteiger partial charge in [0.2, 0.25) is 0 Å². The topological polar surface area (TPSA) is 52.6 Å². The van der Waals surface area contributed by atoms with E-state index in [4.69, 9.17) is 9.47 Å². The fraction of sp³-hybridized carbons (Fsp3) is 0.905. The maximum atomic E-state index is 11.7. The minimum Gasteiger partial charge on any atom is -0.466 e. The molecular formula is C21H40O4. The zero-order valence-corrected chi connectivity index (χ0v) is 17.3. The average Bonchev–Trinajstić information content (AvgIpc) is 2.45. The Labute approximate surface area is 155 Å². The van der Waals surface area contributed by atoms with E-state index in [9.17, 15) is 9.59 Å². The minimum absolute atomic E-state index is 0.213. The number of carbonyl (C=O) groups is 2. The first kappa shape index (κ1) is 23.9. The highest BCUT2D eigenvalue weighted by atomic mass is 16.5. The van der Waals surface area contributed by atoms with Crippen molar-refractivity contribution >= 4 is 11.9 Å². The van der Waals surface area contributed by atoms with Gasteiger partial charge in [0.25, 0.3) is 0 Å². The summed E-state index contributed by atoms with van der Waals surface area (Å²) in [5, 5.41) is 0. The van der Waals surface area contributed by atoms with E-state index >= 15 is 0 Å². The van der Waals surface area contributed by atoms with Crippen molar-refractivity contribution in [1.82, 2.24) is 0 Å². The summed E-state index contributed by atoms with van der Waals surface area (Å²) in [5.74, 6) is 2.06. The molecule has 0 aromatic carbocycles. The van der Waals surface area contributed by atoms with E-state index in [1.54, 1.807) is 0 Å². The largest absolute Gasteiger partial charge is 0.466 e. The van der Waals surface area contributed by atoms with Crippen LogP contribution in [0.3, 0.4) is 0 Å². The van der Waals surface area contributed by atoms with Gasteiger partial charge in [-0.1, -0.05) is 41.5 Å². The second-order valence-corrected chi connectivity index (χ2v) is 8.34. The lowest BCUT2D eigenvalue weighted by atomic mass is 9.96. The molecule has 0 heterocycles. The zero-order chi connectivity index (χ0) is 19.2. The standard InChI is InChI=1S/C21H40O4/c1-16(2)14-18(5)10-12-24-20(22)8-7-9-21(23)25-13-11-19(6)15-17(3)4/h16-19H,7-15H2,1-6H3. The lowest BCUT2D eigenvalue weighted by molar-refractivity contribution is -0.145. The molecule has 0 aliphatic rings. The van der Waals surface area contributed by atoms with Crippen LogP contribution in [0.25, 0.3) is 0 Å². The zero-order valence-electron chi connectivity index (χ0n) is 17.3. The summed E-state index contributed by atoms with van der Waals surface area (Å²) in [7, 11) is 0. The van der Waals surface area contributed by atoms with Crippen LogP contribution in [-0.4, -0.2) is 25.2 Å². The Morgan fingerprint density at radius 1 is 0.680 bits per heavy atom. The van der Waals surface area contributed by atoms with Crippen LogP contribution >= 0.6 is 0 Å². The molecule has 0 rings (SSSR count). The average molecular weight is 357 g/mol. The van der Waals surface area contributed by atoms with Gasteiger partial charge >= 0.3 is 11.9 Å². The summed E-state index contributed by atoms with van der Waals surface area (Å²) < 4.78 is 10.5. The van der Waals surface area contributed by atoms with Crippen molar-refractivity contribution in [2.24, 2.45) is 23.7 Å². The Morgan fingerprint density at radius 2 is 1.04 bits per heavy atom. The van der Waals surface area contributed by atoms with Crippen LogP contribution in [0, 0.1) is 23.7 Å². The molecule has 0 aromatic rings. The van der Waals surface area contributed by atoms with Crippen molar-refractivity contribution in [2.45, 2.75) is 86.5 Å². The van der Waals surface area contributed by atoms with E-state index in [0.717, 1.165) is 25.7 Å². The van der Waals surface area contributed by atoms with Gasteiger partial charge in [0.1, 0.15) is 0 Å². The number of ether oxygens (including phenoxy) is 2. The predicted octanol–water partition coefficient (Wildman–Crippen LogP) is 5.39. The first-order valence-corrected chi connectivity index (χ1v) is 10.0. The predicted molar refractivity (Wildman–Crippen MR) is 102 cm³/mol. The third-order valence-electron chi connectivity index (χ3n) is 4.26. The molecule has 0 aliphatic carbocycles. The lowest BCUT2D eigenvalue weighted by Crippen LogP contribution is -2.12. The quantitative estimate of drug-likeness (QED) is 0.392. The molecule has 0 spiro atoms. The van der Waals surface area contributed by atoms with E-state index in [2.05, 4.69) is 41.5 Å². The first-order chi connectivity index (χ1) is 11.7. The summed E-state index contributed by atoms with van der Waals surface area (Å²) in [4.78, 5) is 23.3. The van der Waals surface area contributed by atoms with Crippen molar-refractivity contribution in [2.75, 3.05) is 13.2 Å². The molecule has 0 N–H and O–H groups in total. The van der Waals surface area contributed by atoms with E-state index in [1.165, 1.54) is 0 Å². The van der Waals surface area contributed by atoms with Crippen molar-refractivity contribution in [3.05, 3.63) is 0 Å². The summed E-state index contributed by atoms with van der Waals surface area (Å²) in [6.07, 6.45) is 5.19. The highest BCUT2D eigenvalue weighted by molar-refractivity contribution is 5.72. The molecule has 0 amide bonds. The third kappa shape index (κ3) is 16.2. The minimum atomic E-state index is -0.213. The highest BCUT2D eigenvalue weighted by Crippen LogP contribution is 2.15. The Hall–Kier alpha value is -1.06. The maximum absolute atomic E-state index is 11.7. The number of carbonyl (C=O) groups excluding carboxylic acids is 2. The van der Waals surface area contributed by atoms with Gasteiger partial charge in [0.15, 0.2) is 0 Å². The molecule has 0 radical (unpaired) electrons. The molecule has 0 bridgehead atoms. The molecule has 148 valence electrons. The molecule has 2 unspecified atom stereocenters. The smallest absolute Gasteiger partial charge is 0.305 e.